The van der Waals surface area contributed by atoms with Gasteiger partial charge in [-0.15, -0.1) is 6.58 Å². The minimum absolute atomic E-state index is 0.169. The summed E-state index contributed by atoms with van der Waals surface area (Å²) in [7, 11) is 0. The van der Waals surface area contributed by atoms with Gasteiger partial charge in [-0.1, -0.05) is 24.3 Å². The lowest BCUT2D eigenvalue weighted by atomic mass is 10.1. The van der Waals surface area contributed by atoms with Crippen molar-refractivity contribution in [2.24, 2.45) is 5.73 Å². The van der Waals surface area contributed by atoms with Gasteiger partial charge in [0.2, 0.25) is 0 Å². The largest absolute Gasteiger partial charge is 0.461 e. The third-order valence-corrected chi connectivity index (χ3v) is 2.03. The van der Waals surface area contributed by atoms with E-state index >= 15 is 0 Å². The number of hydrogen-bond acceptors (Lipinski definition) is 2. The van der Waals surface area contributed by atoms with E-state index in [1.54, 1.807) is 0 Å². The van der Waals surface area contributed by atoms with Gasteiger partial charge in [-0.25, -0.2) is 0 Å². The van der Waals surface area contributed by atoms with E-state index in [-0.39, 0.29) is 11.3 Å². The second-order valence-corrected chi connectivity index (χ2v) is 3.26. The molecule has 0 unspecified atom stereocenters. The summed E-state index contributed by atoms with van der Waals surface area (Å²) in [4.78, 5) is 0. The van der Waals surface area contributed by atoms with Crippen LogP contribution in [0.25, 0.3) is 0 Å². The zero-order valence-corrected chi connectivity index (χ0v) is 8.75. The molecule has 0 aromatic heterocycles. The number of alkyl halides is 4. The number of ether oxygens (including phenoxy) is 1. The first-order chi connectivity index (χ1) is 7.88. The maximum Gasteiger partial charge on any atom is 0.461 e. The Morgan fingerprint density at radius 1 is 1.29 bits per heavy atom. The first kappa shape index (κ1) is 13.5. The molecule has 2 nitrogen and oxygen atoms in total. The maximum absolute atomic E-state index is 12.7. The van der Waals surface area contributed by atoms with Crippen LogP contribution in [0, 0.1) is 0 Å². The zero-order valence-electron chi connectivity index (χ0n) is 8.75. The van der Waals surface area contributed by atoms with Crippen LogP contribution in [0.1, 0.15) is 11.6 Å². The quantitative estimate of drug-likeness (QED) is 0.642. The molecule has 94 valence electrons. The second-order valence-electron chi connectivity index (χ2n) is 3.26. The molecule has 0 aliphatic carbocycles. The molecule has 17 heavy (non-hydrogen) atoms. The number of para-hydroxylation sites is 1. The van der Waals surface area contributed by atoms with Gasteiger partial charge in [0.05, 0.1) is 6.04 Å². The zero-order chi connectivity index (χ0) is 13.1. The summed E-state index contributed by atoms with van der Waals surface area (Å²) in [6.07, 6.45) is -7.16. The fraction of sp³-hybridized carbons (Fsp3) is 0.273. The molecule has 1 aromatic rings. The van der Waals surface area contributed by atoms with E-state index in [0.717, 1.165) is 6.07 Å². The van der Waals surface area contributed by atoms with Gasteiger partial charge in [-0.2, -0.15) is 17.6 Å². The van der Waals surface area contributed by atoms with Crippen LogP contribution in [0.5, 0.6) is 5.75 Å². The first-order valence-corrected chi connectivity index (χ1v) is 4.70. The maximum atomic E-state index is 12.7. The van der Waals surface area contributed by atoms with Crippen LogP contribution < -0.4 is 10.5 Å². The smallest absolute Gasteiger partial charge is 0.428 e. The fourth-order valence-electron chi connectivity index (χ4n) is 1.17. The molecule has 1 rings (SSSR count). The lowest BCUT2D eigenvalue weighted by molar-refractivity contribution is -0.253. The molecule has 0 radical (unpaired) electrons. The third-order valence-electron chi connectivity index (χ3n) is 2.03. The van der Waals surface area contributed by atoms with Crippen molar-refractivity contribution in [3.8, 4) is 5.75 Å². The van der Waals surface area contributed by atoms with Gasteiger partial charge >= 0.3 is 12.5 Å². The second kappa shape index (κ2) is 5.18. The van der Waals surface area contributed by atoms with Gasteiger partial charge < -0.3 is 10.5 Å². The SMILES string of the molecule is C=C[C@H](N)c1ccccc1OC(F)(F)C(F)F. The summed E-state index contributed by atoms with van der Waals surface area (Å²) in [5.41, 5.74) is 5.73. The molecule has 0 aliphatic rings. The van der Waals surface area contributed by atoms with E-state index in [1.165, 1.54) is 24.3 Å². The number of rotatable bonds is 5. The molecule has 0 heterocycles. The first-order valence-electron chi connectivity index (χ1n) is 4.70. The van der Waals surface area contributed by atoms with Crippen molar-refractivity contribution >= 4 is 0 Å². The summed E-state index contributed by atoms with van der Waals surface area (Å²) in [6, 6.07) is 4.71. The minimum atomic E-state index is -4.54. The Bertz CT molecular complexity index is 395. The lowest BCUT2D eigenvalue weighted by Gasteiger charge is -2.20. The summed E-state index contributed by atoms with van der Waals surface area (Å²) < 4.78 is 53.5. The summed E-state index contributed by atoms with van der Waals surface area (Å²) in [6.45, 7) is 3.39. The van der Waals surface area contributed by atoms with Crippen molar-refractivity contribution < 1.29 is 22.3 Å². The Hall–Kier alpha value is -1.56. The highest BCUT2D eigenvalue weighted by Gasteiger charge is 2.44. The van der Waals surface area contributed by atoms with E-state index < -0.39 is 18.6 Å². The van der Waals surface area contributed by atoms with Gasteiger partial charge in [0, 0.05) is 5.56 Å². The Morgan fingerprint density at radius 2 is 1.88 bits per heavy atom. The molecule has 2 N–H and O–H groups in total. The highest BCUT2D eigenvalue weighted by atomic mass is 19.3. The van der Waals surface area contributed by atoms with Crippen LogP contribution in [0.2, 0.25) is 0 Å². The van der Waals surface area contributed by atoms with Crippen molar-refractivity contribution in [1.29, 1.82) is 0 Å². The van der Waals surface area contributed by atoms with Gasteiger partial charge in [-0.3, -0.25) is 0 Å². The van der Waals surface area contributed by atoms with Crippen molar-refractivity contribution in [2.45, 2.75) is 18.6 Å². The number of halogens is 4. The molecule has 0 spiro atoms. The molecule has 6 heteroatoms. The lowest BCUT2D eigenvalue weighted by Crippen LogP contribution is -2.34. The van der Waals surface area contributed by atoms with Crippen molar-refractivity contribution in [3.05, 3.63) is 42.5 Å². The summed E-state index contributed by atoms with van der Waals surface area (Å²) in [5.74, 6) is -0.384. The van der Waals surface area contributed by atoms with Gasteiger partial charge in [-0.05, 0) is 6.07 Å². The van der Waals surface area contributed by atoms with Crippen LogP contribution in [0.15, 0.2) is 36.9 Å². The van der Waals surface area contributed by atoms with E-state index in [0.29, 0.717) is 0 Å². The average molecular weight is 249 g/mol. The third kappa shape index (κ3) is 3.20. The van der Waals surface area contributed by atoms with Crippen LogP contribution >= 0.6 is 0 Å². The summed E-state index contributed by atoms with van der Waals surface area (Å²) in [5, 5.41) is 0. The number of hydrogen-bond donors (Lipinski definition) is 1. The fourth-order valence-corrected chi connectivity index (χ4v) is 1.17. The van der Waals surface area contributed by atoms with Gasteiger partial charge in [0.25, 0.3) is 0 Å². The van der Waals surface area contributed by atoms with E-state index in [9.17, 15) is 17.6 Å². The summed E-state index contributed by atoms with van der Waals surface area (Å²) >= 11 is 0. The van der Waals surface area contributed by atoms with Crippen LogP contribution in [-0.2, 0) is 0 Å². The topological polar surface area (TPSA) is 35.2 Å². The highest BCUT2D eigenvalue weighted by molar-refractivity contribution is 5.37. The highest BCUT2D eigenvalue weighted by Crippen LogP contribution is 2.32. The van der Waals surface area contributed by atoms with Crippen LogP contribution in [0.3, 0.4) is 0 Å². The van der Waals surface area contributed by atoms with Crippen molar-refractivity contribution in [2.75, 3.05) is 0 Å². The molecule has 1 atom stereocenters. The molecule has 0 fully saturated rings. The number of nitrogens with two attached hydrogens (primary N) is 1. The minimum Gasteiger partial charge on any atom is -0.428 e. The predicted octanol–water partition coefficient (Wildman–Crippen LogP) is 3.11. The Balaban J connectivity index is 3.02. The molecule has 0 bridgehead atoms. The van der Waals surface area contributed by atoms with Crippen LogP contribution in [0.4, 0.5) is 17.6 Å². The Labute approximate surface area is 95.7 Å². The van der Waals surface area contributed by atoms with Gasteiger partial charge in [0.15, 0.2) is 0 Å². The average Bonchev–Trinajstić information content (AvgIpc) is 2.28. The molecular weight excluding hydrogens is 238 g/mol. The Morgan fingerprint density at radius 3 is 2.41 bits per heavy atom. The van der Waals surface area contributed by atoms with Crippen molar-refractivity contribution in [3.63, 3.8) is 0 Å². The molecule has 0 aliphatic heterocycles. The van der Waals surface area contributed by atoms with Crippen molar-refractivity contribution in [1.82, 2.24) is 0 Å². The van der Waals surface area contributed by atoms with E-state index in [2.05, 4.69) is 11.3 Å². The van der Waals surface area contributed by atoms with Gasteiger partial charge in [0.1, 0.15) is 5.75 Å². The number of benzene rings is 1. The molecular formula is C11H11F4NO. The normalized spacial score (nSPS) is 13.5. The van der Waals surface area contributed by atoms with E-state index in [1.807, 2.05) is 0 Å². The molecule has 0 saturated heterocycles. The monoisotopic (exact) mass is 249 g/mol. The van der Waals surface area contributed by atoms with Crippen LogP contribution in [-0.4, -0.2) is 12.5 Å². The molecule has 1 aromatic carbocycles. The molecule has 0 amide bonds. The standard InChI is InChI=1S/C11H11F4NO/c1-2-8(16)7-5-3-4-6-9(7)17-11(14,15)10(12)13/h2-6,8,10H,1,16H2/t8-/m0/s1. The Kier molecular flexibility index (Phi) is 4.11. The molecule has 0 saturated carbocycles. The predicted molar refractivity (Wildman–Crippen MR) is 55.1 cm³/mol. The van der Waals surface area contributed by atoms with E-state index in [4.69, 9.17) is 5.73 Å².